The van der Waals surface area contributed by atoms with Crippen molar-refractivity contribution in [3.8, 4) is 11.4 Å². The average molecular weight is 371 g/mol. The number of carbonyl (C=O) groups is 2. The van der Waals surface area contributed by atoms with Crippen LogP contribution in [0, 0.1) is 0 Å². The largest absolute Gasteiger partial charge is 0.481 e. The summed E-state index contributed by atoms with van der Waals surface area (Å²) in [7, 11) is 0. The molecule has 0 saturated heterocycles. The molecule has 26 heavy (non-hydrogen) atoms. The van der Waals surface area contributed by atoms with Crippen LogP contribution in [0.4, 0.5) is 13.2 Å². The van der Waals surface area contributed by atoms with Crippen molar-refractivity contribution in [2.24, 2.45) is 0 Å². The third-order valence-corrected chi connectivity index (χ3v) is 3.49. The van der Waals surface area contributed by atoms with Gasteiger partial charge in [0.25, 0.3) is 5.91 Å². The number of hydrogen-bond acceptors (Lipinski definition) is 5. The first kappa shape index (κ1) is 19.4. The molecule has 1 aromatic carbocycles. The summed E-state index contributed by atoms with van der Waals surface area (Å²) in [5.41, 5.74) is -0.216. The van der Waals surface area contributed by atoms with Crippen molar-refractivity contribution in [2.45, 2.75) is 38.4 Å². The molecule has 140 valence electrons. The van der Waals surface area contributed by atoms with Gasteiger partial charge in [-0.2, -0.15) is 18.2 Å². The van der Waals surface area contributed by atoms with Crippen LogP contribution in [0.2, 0.25) is 0 Å². The Morgan fingerprint density at radius 1 is 1.19 bits per heavy atom. The highest BCUT2D eigenvalue weighted by Gasteiger charge is 2.38. The van der Waals surface area contributed by atoms with E-state index in [-0.39, 0.29) is 29.8 Å². The highest BCUT2D eigenvalue weighted by molar-refractivity contribution is 5.95. The summed E-state index contributed by atoms with van der Waals surface area (Å²) in [4.78, 5) is 26.1. The van der Waals surface area contributed by atoms with Crippen LogP contribution in [0.15, 0.2) is 28.8 Å². The second-order valence-corrected chi connectivity index (χ2v) is 6.23. The molecule has 0 fully saturated rings. The minimum atomic E-state index is -4.73. The molecule has 1 heterocycles. The predicted octanol–water partition coefficient (Wildman–Crippen LogP) is 3.13. The fourth-order valence-corrected chi connectivity index (χ4v) is 2.09. The van der Waals surface area contributed by atoms with Crippen LogP contribution < -0.4 is 5.32 Å². The summed E-state index contributed by atoms with van der Waals surface area (Å²) >= 11 is 0. The number of rotatable bonds is 6. The first-order valence-electron chi connectivity index (χ1n) is 7.53. The van der Waals surface area contributed by atoms with Gasteiger partial charge in [0, 0.05) is 23.1 Å². The third-order valence-electron chi connectivity index (χ3n) is 3.49. The number of carboxylic acids is 1. The van der Waals surface area contributed by atoms with Gasteiger partial charge in [-0.25, -0.2) is 0 Å². The van der Waals surface area contributed by atoms with Crippen LogP contribution in [0.1, 0.15) is 42.9 Å². The Morgan fingerprint density at radius 3 is 2.31 bits per heavy atom. The summed E-state index contributed by atoms with van der Waals surface area (Å²) in [6.07, 6.45) is -4.58. The third kappa shape index (κ3) is 5.04. The maximum Gasteiger partial charge on any atom is 0.471 e. The summed E-state index contributed by atoms with van der Waals surface area (Å²) in [5, 5.41) is 14.7. The van der Waals surface area contributed by atoms with E-state index in [0.29, 0.717) is 0 Å². The van der Waals surface area contributed by atoms with Gasteiger partial charge in [0.15, 0.2) is 0 Å². The van der Waals surface area contributed by atoms with Crippen molar-refractivity contribution in [3.05, 3.63) is 35.7 Å². The SMILES string of the molecule is CC(C)(CCC(=O)O)NC(=O)c1ccc(-c2noc(C(F)(F)F)n2)cc1. The van der Waals surface area contributed by atoms with Crippen molar-refractivity contribution in [1.82, 2.24) is 15.5 Å². The molecule has 1 amide bonds. The van der Waals surface area contributed by atoms with Crippen molar-refractivity contribution in [2.75, 3.05) is 0 Å². The smallest absolute Gasteiger partial charge is 0.471 e. The second-order valence-electron chi connectivity index (χ2n) is 6.23. The summed E-state index contributed by atoms with van der Waals surface area (Å²) in [6.45, 7) is 3.39. The molecule has 0 saturated carbocycles. The van der Waals surface area contributed by atoms with Gasteiger partial charge < -0.3 is 14.9 Å². The molecule has 2 aromatic rings. The van der Waals surface area contributed by atoms with E-state index < -0.39 is 29.5 Å². The predicted molar refractivity (Wildman–Crippen MR) is 83.2 cm³/mol. The lowest BCUT2D eigenvalue weighted by molar-refractivity contribution is -0.159. The number of aromatic nitrogens is 2. The monoisotopic (exact) mass is 371 g/mol. The Balaban J connectivity index is 2.08. The van der Waals surface area contributed by atoms with E-state index in [0.717, 1.165) is 0 Å². The molecule has 0 aliphatic heterocycles. The number of benzene rings is 1. The second kappa shape index (κ2) is 7.14. The summed E-state index contributed by atoms with van der Waals surface area (Å²) in [5.74, 6) is -3.09. The van der Waals surface area contributed by atoms with Crippen molar-refractivity contribution < 1.29 is 32.4 Å². The molecule has 0 aliphatic carbocycles. The van der Waals surface area contributed by atoms with E-state index in [4.69, 9.17) is 5.11 Å². The molecular weight excluding hydrogens is 355 g/mol. The van der Waals surface area contributed by atoms with E-state index in [1.54, 1.807) is 13.8 Å². The average Bonchev–Trinajstić information content (AvgIpc) is 3.03. The van der Waals surface area contributed by atoms with Gasteiger partial charge in [-0.1, -0.05) is 17.3 Å². The van der Waals surface area contributed by atoms with Gasteiger partial charge in [-0.05, 0) is 32.4 Å². The van der Waals surface area contributed by atoms with Gasteiger partial charge in [0.1, 0.15) is 0 Å². The number of hydrogen-bond donors (Lipinski definition) is 2. The van der Waals surface area contributed by atoms with Crippen LogP contribution in [0.5, 0.6) is 0 Å². The maximum atomic E-state index is 12.5. The van der Waals surface area contributed by atoms with Crippen molar-refractivity contribution in [3.63, 3.8) is 0 Å². The van der Waals surface area contributed by atoms with Crippen LogP contribution >= 0.6 is 0 Å². The van der Waals surface area contributed by atoms with Gasteiger partial charge >= 0.3 is 18.0 Å². The Kier molecular flexibility index (Phi) is 5.33. The molecule has 0 unspecified atom stereocenters. The lowest BCUT2D eigenvalue weighted by Gasteiger charge is -2.25. The quantitative estimate of drug-likeness (QED) is 0.808. The van der Waals surface area contributed by atoms with Gasteiger partial charge in [-0.15, -0.1) is 0 Å². The van der Waals surface area contributed by atoms with Crippen LogP contribution in [-0.2, 0) is 11.0 Å². The van der Waals surface area contributed by atoms with Crippen LogP contribution in [-0.4, -0.2) is 32.7 Å². The van der Waals surface area contributed by atoms with E-state index in [1.807, 2.05) is 0 Å². The number of aliphatic carboxylic acids is 1. The van der Waals surface area contributed by atoms with Gasteiger partial charge in [0.2, 0.25) is 5.82 Å². The first-order valence-corrected chi connectivity index (χ1v) is 7.53. The number of nitrogens with zero attached hydrogens (tertiary/aromatic N) is 2. The fourth-order valence-electron chi connectivity index (χ4n) is 2.09. The number of halogens is 3. The molecule has 0 bridgehead atoms. The maximum absolute atomic E-state index is 12.5. The molecule has 10 heteroatoms. The Bertz CT molecular complexity index is 798. The van der Waals surface area contributed by atoms with E-state index >= 15 is 0 Å². The highest BCUT2D eigenvalue weighted by Crippen LogP contribution is 2.29. The highest BCUT2D eigenvalue weighted by atomic mass is 19.4. The molecular formula is C16H16F3N3O4. The van der Waals surface area contributed by atoms with E-state index in [1.165, 1.54) is 24.3 Å². The van der Waals surface area contributed by atoms with Crippen LogP contribution in [0.25, 0.3) is 11.4 Å². The molecule has 0 radical (unpaired) electrons. The molecule has 1 aromatic heterocycles. The molecule has 0 aliphatic rings. The molecule has 7 nitrogen and oxygen atoms in total. The molecule has 2 N–H and O–H groups in total. The normalized spacial score (nSPS) is 12.0. The number of carboxylic acid groups (broad SMARTS) is 1. The van der Waals surface area contributed by atoms with E-state index in [2.05, 4.69) is 20.0 Å². The number of nitrogens with one attached hydrogen (secondary N) is 1. The topological polar surface area (TPSA) is 105 Å². The van der Waals surface area contributed by atoms with Gasteiger partial charge in [0.05, 0.1) is 0 Å². The Morgan fingerprint density at radius 2 is 1.81 bits per heavy atom. The molecule has 0 spiro atoms. The number of alkyl halides is 3. The lowest BCUT2D eigenvalue weighted by Crippen LogP contribution is -2.43. The summed E-state index contributed by atoms with van der Waals surface area (Å²) in [6, 6.07) is 5.59. The number of carbonyl (C=O) groups excluding carboxylic acids is 1. The standard InChI is InChI=1S/C16H16F3N3O4/c1-15(2,8-7-11(23)24)21-13(25)10-5-3-9(4-6-10)12-20-14(26-22-12)16(17,18)19/h3-6H,7-8H2,1-2H3,(H,21,25)(H,23,24). The van der Waals surface area contributed by atoms with Crippen molar-refractivity contribution >= 4 is 11.9 Å². The number of amides is 1. The van der Waals surface area contributed by atoms with Crippen LogP contribution in [0.3, 0.4) is 0 Å². The zero-order chi connectivity index (χ0) is 19.5. The summed E-state index contributed by atoms with van der Waals surface area (Å²) < 4.78 is 41.6. The lowest BCUT2D eigenvalue weighted by atomic mass is 9.97. The first-order chi connectivity index (χ1) is 12.0. The zero-order valence-electron chi connectivity index (χ0n) is 13.9. The minimum Gasteiger partial charge on any atom is -0.481 e. The zero-order valence-corrected chi connectivity index (χ0v) is 13.9. The van der Waals surface area contributed by atoms with Gasteiger partial charge in [-0.3, -0.25) is 9.59 Å². The Labute approximate surface area is 146 Å². The fraction of sp³-hybridized carbons (Fsp3) is 0.375. The molecule has 2 rings (SSSR count). The minimum absolute atomic E-state index is 0.0917. The van der Waals surface area contributed by atoms with Crippen molar-refractivity contribution in [1.29, 1.82) is 0 Å². The Hall–Kier alpha value is -2.91. The van der Waals surface area contributed by atoms with E-state index in [9.17, 15) is 22.8 Å². The molecule has 0 atom stereocenters.